The number of hydrogen-bond acceptors (Lipinski definition) is 6. The first-order valence-corrected chi connectivity index (χ1v) is 8.58. The molecule has 2 aromatic heterocycles. The van der Waals surface area contributed by atoms with E-state index in [1.165, 1.54) is 31.5 Å². The highest BCUT2D eigenvalue weighted by atomic mass is 15.1. The minimum Gasteiger partial charge on any atom is -0.241 e. The molecule has 0 unspecified atom stereocenters. The summed E-state index contributed by atoms with van der Waals surface area (Å²) in [4.78, 5) is 14.3. The summed E-state index contributed by atoms with van der Waals surface area (Å²) in [6, 6.07) is 0. The van der Waals surface area contributed by atoms with Crippen LogP contribution in [0.5, 0.6) is 0 Å². The Labute approximate surface area is 157 Å². The van der Waals surface area contributed by atoms with Crippen LogP contribution in [0, 0.1) is 11.8 Å². The highest BCUT2D eigenvalue weighted by Gasteiger charge is 1.68. The molecule has 148 valence electrons. The van der Waals surface area contributed by atoms with Crippen LogP contribution in [-0.4, -0.2) is 30.1 Å². The molecule has 0 spiro atoms. The Balaban J connectivity index is -0.0000000669. The summed E-state index contributed by atoms with van der Waals surface area (Å²) in [6.45, 7) is 21.0. The largest absolute Gasteiger partial charge is 0.241 e. The third-order valence-corrected chi connectivity index (χ3v) is 0.804. The molecule has 0 aliphatic rings. The van der Waals surface area contributed by atoms with Gasteiger partial charge >= 0.3 is 0 Å². The molecule has 0 aromatic carbocycles. The molecule has 2 rings (SSSR count). The third-order valence-electron chi connectivity index (χ3n) is 0.804. The maximum atomic E-state index is 3.61. The van der Waals surface area contributed by atoms with E-state index >= 15 is 0 Å². The van der Waals surface area contributed by atoms with Crippen molar-refractivity contribution >= 4 is 0 Å². The maximum absolute atomic E-state index is 3.61. The van der Waals surface area contributed by atoms with Gasteiger partial charge in [0.25, 0.3) is 0 Å². The molecule has 0 fully saturated rings. The van der Waals surface area contributed by atoms with Crippen LogP contribution in [0.1, 0.15) is 76.7 Å². The van der Waals surface area contributed by atoms with Gasteiger partial charge in [0.15, 0.2) is 0 Å². The van der Waals surface area contributed by atoms with Gasteiger partial charge in [0, 0.05) is 6.20 Å². The summed E-state index contributed by atoms with van der Waals surface area (Å²) < 4.78 is 0. The molecule has 0 aliphatic carbocycles. The van der Waals surface area contributed by atoms with E-state index in [0.29, 0.717) is 0 Å². The Morgan fingerprint density at radius 2 is 0.800 bits per heavy atom. The molecule has 0 atom stereocenters. The lowest BCUT2D eigenvalue weighted by molar-refractivity contribution is 0.736. The van der Waals surface area contributed by atoms with Gasteiger partial charge in [-0.1, -0.05) is 76.7 Å². The Kier molecular flexibility index (Phi) is 52.1. The van der Waals surface area contributed by atoms with Crippen molar-refractivity contribution in [3.05, 3.63) is 37.7 Å². The highest BCUT2D eigenvalue weighted by Crippen LogP contribution is 1.81. The van der Waals surface area contributed by atoms with Gasteiger partial charge in [0.1, 0.15) is 25.3 Å². The van der Waals surface area contributed by atoms with Crippen LogP contribution in [-0.2, 0) is 0 Å². The first kappa shape index (κ1) is 34.4. The fourth-order valence-corrected chi connectivity index (χ4v) is 0.410. The fourth-order valence-electron chi connectivity index (χ4n) is 0.410. The predicted octanol–water partition coefficient (Wildman–Crippen LogP) is 5.76. The van der Waals surface area contributed by atoms with E-state index in [0.717, 1.165) is 11.8 Å². The molecule has 2 heterocycles. The van der Waals surface area contributed by atoms with Crippen molar-refractivity contribution in [2.75, 3.05) is 0 Å². The molecule has 0 radical (unpaired) electrons. The summed E-state index contributed by atoms with van der Waals surface area (Å²) in [5, 5.41) is 6.90. The number of nitrogens with zero attached hydrogens (tertiary/aromatic N) is 6. The lowest BCUT2D eigenvalue weighted by Gasteiger charge is -1.79. The number of hydrogen-bond donors (Lipinski definition) is 0. The van der Waals surface area contributed by atoms with Gasteiger partial charge in [-0.25, -0.2) is 19.9 Å². The third kappa shape index (κ3) is 87.9. The molecule has 25 heavy (non-hydrogen) atoms. The van der Waals surface area contributed by atoms with Crippen LogP contribution >= 0.6 is 0 Å². The van der Waals surface area contributed by atoms with Gasteiger partial charge in [-0.05, 0) is 11.8 Å². The van der Waals surface area contributed by atoms with Crippen LogP contribution in [0.3, 0.4) is 0 Å². The zero-order valence-electron chi connectivity index (χ0n) is 17.3. The molecule has 6 nitrogen and oxygen atoms in total. The van der Waals surface area contributed by atoms with Crippen LogP contribution < -0.4 is 0 Å². The lowest BCUT2D eigenvalue weighted by Crippen LogP contribution is -1.75. The van der Waals surface area contributed by atoms with Crippen molar-refractivity contribution < 1.29 is 0 Å². The Bertz CT molecular complexity index is 258. The standard InChI is InChI=1S/2C4H10.2C3H3N3.2C2H6.CH4/c2*1-4(2)3;1-4-2-6-3-5-1;1-2-5-6-3-4-1;2*1-2;/h2*4H,1-3H3;2*1-3H;2*1-2H3;1H4. The molecular formula is C19H42N6. The number of rotatable bonds is 0. The van der Waals surface area contributed by atoms with Crippen LogP contribution in [0.4, 0.5) is 0 Å². The summed E-state index contributed by atoms with van der Waals surface area (Å²) >= 11 is 0. The van der Waals surface area contributed by atoms with Gasteiger partial charge in [-0.2, -0.15) is 5.10 Å². The summed E-state index contributed by atoms with van der Waals surface area (Å²) in [5.41, 5.74) is 0. The average molecular weight is 355 g/mol. The first-order valence-electron chi connectivity index (χ1n) is 8.58. The van der Waals surface area contributed by atoms with Crippen LogP contribution in [0.15, 0.2) is 37.7 Å². The van der Waals surface area contributed by atoms with Gasteiger partial charge in [0.05, 0.1) is 6.20 Å². The van der Waals surface area contributed by atoms with Gasteiger partial charge in [-0.15, -0.1) is 5.10 Å². The second kappa shape index (κ2) is 37.9. The van der Waals surface area contributed by atoms with Crippen molar-refractivity contribution in [3.8, 4) is 0 Å². The predicted molar refractivity (Wildman–Crippen MR) is 110 cm³/mol. The molecule has 2 aromatic rings. The van der Waals surface area contributed by atoms with E-state index in [-0.39, 0.29) is 7.43 Å². The zero-order valence-corrected chi connectivity index (χ0v) is 17.3. The smallest absolute Gasteiger partial charge is 0.138 e. The molecule has 0 aliphatic heterocycles. The molecule has 0 bridgehead atoms. The monoisotopic (exact) mass is 354 g/mol. The molecule has 0 saturated heterocycles. The highest BCUT2D eigenvalue weighted by molar-refractivity contribution is 4.59. The molecule has 0 saturated carbocycles. The summed E-state index contributed by atoms with van der Waals surface area (Å²) in [5.74, 6) is 1.67. The Morgan fingerprint density at radius 3 is 0.880 bits per heavy atom. The molecule has 0 amide bonds. The zero-order chi connectivity index (χ0) is 19.6. The van der Waals surface area contributed by atoms with E-state index in [1.54, 1.807) is 6.20 Å². The summed E-state index contributed by atoms with van der Waals surface area (Å²) in [7, 11) is 0. The van der Waals surface area contributed by atoms with E-state index in [9.17, 15) is 0 Å². The molecule has 0 N–H and O–H groups in total. The van der Waals surface area contributed by atoms with Gasteiger partial charge < -0.3 is 0 Å². The normalized spacial score (nSPS) is 7.20. The van der Waals surface area contributed by atoms with Crippen LogP contribution in [0.25, 0.3) is 0 Å². The maximum Gasteiger partial charge on any atom is 0.138 e. The van der Waals surface area contributed by atoms with Crippen molar-refractivity contribution in [2.45, 2.75) is 76.7 Å². The second-order valence-corrected chi connectivity index (χ2v) is 5.05. The van der Waals surface area contributed by atoms with Crippen molar-refractivity contribution in [1.82, 2.24) is 30.1 Å². The number of aromatic nitrogens is 6. The van der Waals surface area contributed by atoms with E-state index < -0.39 is 0 Å². The Morgan fingerprint density at radius 1 is 0.480 bits per heavy atom. The first-order chi connectivity index (χ1) is 11.5. The minimum atomic E-state index is 0. The second-order valence-electron chi connectivity index (χ2n) is 5.05. The van der Waals surface area contributed by atoms with Crippen molar-refractivity contribution in [1.29, 1.82) is 0 Å². The van der Waals surface area contributed by atoms with Crippen LogP contribution in [0.2, 0.25) is 0 Å². The summed E-state index contributed by atoms with van der Waals surface area (Å²) in [6.07, 6.45) is 8.81. The van der Waals surface area contributed by atoms with Crippen molar-refractivity contribution in [2.24, 2.45) is 11.8 Å². The van der Waals surface area contributed by atoms with Crippen molar-refractivity contribution in [3.63, 3.8) is 0 Å². The Hall–Kier alpha value is -1.98. The van der Waals surface area contributed by atoms with E-state index in [4.69, 9.17) is 0 Å². The average Bonchev–Trinajstić information content (AvgIpc) is 2.61. The van der Waals surface area contributed by atoms with E-state index in [2.05, 4.69) is 71.7 Å². The van der Waals surface area contributed by atoms with Gasteiger partial charge in [0.2, 0.25) is 0 Å². The molecular weight excluding hydrogens is 312 g/mol. The van der Waals surface area contributed by atoms with Gasteiger partial charge in [-0.3, -0.25) is 0 Å². The SMILES string of the molecule is C.CC.CC.CC(C)C.CC(C)C.c1cnncn1.c1ncncn1. The van der Waals surface area contributed by atoms with E-state index in [1.807, 2.05) is 27.7 Å². The lowest BCUT2D eigenvalue weighted by atomic mass is 10.3. The minimum absolute atomic E-state index is 0. The quantitative estimate of drug-likeness (QED) is 0.599. The fraction of sp³-hybridized carbons (Fsp3) is 0.684. The molecule has 6 heteroatoms. The topological polar surface area (TPSA) is 77.3 Å².